The lowest BCUT2D eigenvalue weighted by Crippen LogP contribution is -2.64. The number of carbonyl (C=O) groups is 9. The molecule has 1 aromatic heterocycles. The van der Waals surface area contributed by atoms with E-state index in [1.807, 2.05) is 188 Å². The normalized spacial score (nSPS) is 14.9. The molecule has 9 rings (SSSR count). The first-order valence-electron chi connectivity index (χ1n) is 37.9. The van der Waals surface area contributed by atoms with Gasteiger partial charge in [0.15, 0.2) is 0 Å². The van der Waals surface area contributed by atoms with Crippen LogP contribution in [0.5, 0.6) is 11.5 Å². The molecule has 0 saturated carbocycles. The van der Waals surface area contributed by atoms with Crippen LogP contribution in [0.4, 0.5) is 4.79 Å². The predicted octanol–water partition coefficient (Wildman–Crippen LogP) is 12.2. The van der Waals surface area contributed by atoms with Crippen molar-refractivity contribution in [3.8, 4) is 11.5 Å². The summed E-state index contributed by atoms with van der Waals surface area (Å²) in [6.07, 6.45) is 1.32. The van der Waals surface area contributed by atoms with Gasteiger partial charge in [0.05, 0.1) is 18.4 Å². The third-order valence-electron chi connectivity index (χ3n) is 19.2. The minimum Gasteiger partial charge on any atom is -0.497 e. The van der Waals surface area contributed by atoms with Crippen LogP contribution in [0, 0.1) is 5.92 Å². The number of H-pyrrole nitrogens is 1. The van der Waals surface area contributed by atoms with Crippen molar-refractivity contribution in [1.29, 1.82) is 0 Å². The van der Waals surface area contributed by atoms with Crippen molar-refractivity contribution in [2.24, 2.45) is 5.92 Å². The summed E-state index contributed by atoms with van der Waals surface area (Å²) in [6, 6.07) is 51.0. The van der Waals surface area contributed by atoms with Gasteiger partial charge < -0.3 is 66.4 Å². The monoisotopic (exact) mass is 1560 g/mol. The Morgan fingerprint density at radius 2 is 1.04 bits per heavy atom. The van der Waals surface area contributed by atoms with Crippen LogP contribution in [0.3, 0.4) is 0 Å². The maximum atomic E-state index is 16.4. The Morgan fingerprint density at radius 3 is 1.58 bits per heavy atom. The van der Waals surface area contributed by atoms with Gasteiger partial charge >= 0.3 is 12.1 Å². The van der Waals surface area contributed by atoms with E-state index in [2.05, 4.69) is 42.2 Å². The van der Waals surface area contributed by atoms with Crippen LogP contribution in [0.1, 0.15) is 141 Å². The number of ether oxygens (including phenoxy) is 3. The summed E-state index contributed by atoms with van der Waals surface area (Å²) in [7, 11) is 1.57. The molecule has 9 N–H and O–H groups in total. The molecule has 22 nitrogen and oxygen atoms in total. The van der Waals surface area contributed by atoms with E-state index in [9.17, 15) is 29.1 Å². The van der Waals surface area contributed by atoms with Crippen LogP contribution >= 0.6 is 23.5 Å². The van der Waals surface area contributed by atoms with Gasteiger partial charge in [0.1, 0.15) is 65.0 Å². The van der Waals surface area contributed by atoms with Gasteiger partial charge in [-0.05, 0) is 164 Å². The van der Waals surface area contributed by atoms with Crippen LogP contribution < -0.4 is 46.7 Å². The molecule has 0 aliphatic carbocycles. The molecule has 8 amide bonds. The number of para-hydroxylation sites is 1. The third kappa shape index (κ3) is 23.5. The highest BCUT2D eigenvalue weighted by molar-refractivity contribution is 8.02. The minimum absolute atomic E-state index is 0.0302. The Labute approximate surface area is 665 Å². The molecule has 7 aromatic carbocycles. The summed E-state index contributed by atoms with van der Waals surface area (Å²) in [5.41, 5.74) is 4.77. The lowest BCUT2D eigenvalue weighted by molar-refractivity contribution is -0.144. The van der Waals surface area contributed by atoms with Gasteiger partial charge in [0, 0.05) is 58.2 Å². The average Bonchev–Trinajstić information content (AvgIpc) is 0.849. The molecule has 0 radical (unpaired) electrons. The van der Waals surface area contributed by atoms with Crippen LogP contribution in [0.25, 0.3) is 10.9 Å². The molecule has 8 aromatic rings. The molecule has 0 unspecified atom stereocenters. The fraction of sp³-hybridized carbons (Fsp3) is 0.398. The van der Waals surface area contributed by atoms with Crippen molar-refractivity contribution in [2.75, 3.05) is 20.2 Å². The molecular weight excluding hydrogens is 1460 g/mol. The van der Waals surface area contributed by atoms with E-state index in [4.69, 9.17) is 14.2 Å². The van der Waals surface area contributed by atoms with Crippen molar-refractivity contribution < 1.29 is 62.5 Å². The summed E-state index contributed by atoms with van der Waals surface area (Å²) in [6.45, 7) is 21.2. The highest BCUT2D eigenvalue weighted by Crippen LogP contribution is 2.54. The number of aromatic nitrogens is 1. The molecule has 0 bridgehead atoms. The first-order chi connectivity index (χ1) is 53.1. The average molecular weight is 1560 g/mol. The van der Waals surface area contributed by atoms with Crippen LogP contribution in [-0.4, -0.2) is 152 Å². The zero-order valence-electron chi connectivity index (χ0n) is 66.1. The fourth-order valence-corrected chi connectivity index (χ4v) is 16.6. The Balaban J connectivity index is 1.03. The van der Waals surface area contributed by atoms with Crippen LogP contribution in [-0.2, 0) is 72.9 Å². The van der Waals surface area contributed by atoms with Crippen molar-refractivity contribution in [1.82, 2.24) is 47.1 Å². The lowest BCUT2D eigenvalue weighted by Gasteiger charge is -2.45. The number of rotatable bonds is 35. The number of nitrogens with one attached hydrogen (secondary N) is 8. The molecule has 1 aliphatic rings. The van der Waals surface area contributed by atoms with E-state index in [1.54, 1.807) is 103 Å². The number of hydrogen-bond acceptors (Lipinski definition) is 14. The highest BCUT2D eigenvalue weighted by Gasteiger charge is 2.51. The van der Waals surface area contributed by atoms with E-state index in [-0.39, 0.29) is 44.6 Å². The smallest absolute Gasteiger partial charge is 0.408 e. The molecule has 1 fully saturated rings. The van der Waals surface area contributed by atoms with Crippen molar-refractivity contribution in [3.05, 3.63) is 239 Å². The van der Waals surface area contributed by atoms with Gasteiger partial charge in [-0.2, -0.15) is 0 Å². The Hall–Kier alpha value is -10.6. The van der Waals surface area contributed by atoms with E-state index < -0.39 is 128 Å². The molecule has 2 heterocycles. The zero-order chi connectivity index (χ0) is 81.1. The summed E-state index contributed by atoms with van der Waals surface area (Å²) < 4.78 is 13.5. The number of aromatic amines is 1. The number of hydrogen-bond donors (Lipinski definition) is 9. The van der Waals surface area contributed by atoms with E-state index in [0.29, 0.717) is 40.4 Å². The summed E-state index contributed by atoms with van der Waals surface area (Å²) >= 11 is 2.78. The second kappa shape index (κ2) is 38.1. The van der Waals surface area contributed by atoms with Gasteiger partial charge in [-0.1, -0.05) is 178 Å². The van der Waals surface area contributed by atoms with Gasteiger partial charge in [-0.25, -0.2) is 9.59 Å². The minimum atomic E-state index is -1.49. The van der Waals surface area contributed by atoms with Crippen molar-refractivity contribution in [2.45, 2.75) is 195 Å². The van der Waals surface area contributed by atoms with Crippen molar-refractivity contribution >= 4 is 87.8 Å². The number of benzene rings is 7. The number of nitrogens with zero attached hydrogens (tertiary/aromatic N) is 1. The number of methoxy groups -OCH3 is 1. The van der Waals surface area contributed by atoms with Gasteiger partial charge in [-0.15, -0.1) is 23.5 Å². The number of fused-ring (bicyclic) bond motifs is 1. The maximum absolute atomic E-state index is 16.4. The second-order valence-corrected chi connectivity index (χ2v) is 35.2. The molecule has 594 valence electrons. The molecular formula is C88H107N9O13S2. The second-order valence-electron chi connectivity index (χ2n) is 31.7. The maximum Gasteiger partial charge on any atom is 0.408 e. The Kier molecular flexibility index (Phi) is 29.0. The molecule has 24 heteroatoms. The zero-order valence-corrected chi connectivity index (χ0v) is 67.8. The number of amides is 8. The number of aliphatic carboxylic acids is 1. The SMILES string of the molecule is COc1ccc(CSC(C)(C)[C@@H](NC(=O)[C@H](Cc2ccc(OC(C)(C)C)cc2)NC(=O)OC(C)(C)C)C(=O)NCC(=O)N[C@@H](Cc2ccccc2)C(=O)N[C@@H](C(=O)N2CCC[C@H]2C(=O)N[C@@H](CC(C)C)C(=O)N[C@@H](Cc2c[nH]c3ccccc23)C(=O)O)C(C)(C)SC(c2ccccc2)(c2ccccc2)c2ccccc2)cc1. The van der Waals surface area contributed by atoms with Gasteiger partial charge in [0.2, 0.25) is 41.4 Å². The predicted molar refractivity (Wildman–Crippen MR) is 440 cm³/mol. The number of carboxylic acids is 1. The molecule has 112 heavy (non-hydrogen) atoms. The number of carbonyl (C=O) groups excluding carboxylic acids is 8. The topological polar surface area (TPSA) is 305 Å². The highest BCUT2D eigenvalue weighted by atomic mass is 32.2. The van der Waals surface area contributed by atoms with Crippen molar-refractivity contribution in [3.63, 3.8) is 0 Å². The number of thioether (sulfide) groups is 2. The summed E-state index contributed by atoms with van der Waals surface area (Å²) in [4.78, 5) is 138. The largest absolute Gasteiger partial charge is 0.497 e. The third-order valence-corrected chi connectivity index (χ3v) is 22.5. The molecule has 1 saturated heterocycles. The van der Waals surface area contributed by atoms with E-state index in [0.717, 1.165) is 33.2 Å². The Morgan fingerprint density at radius 1 is 0.527 bits per heavy atom. The van der Waals surface area contributed by atoms with E-state index in [1.165, 1.54) is 28.4 Å². The lowest BCUT2D eigenvalue weighted by atomic mass is 9.84. The fourth-order valence-electron chi connectivity index (χ4n) is 13.7. The van der Waals surface area contributed by atoms with Gasteiger partial charge in [-0.3, -0.25) is 33.6 Å². The molecule has 7 atom stereocenters. The molecule has 1 aliphatic heterocycles. The first kappa shape index (κ1) is 85.4. The summed E-state index contributed by atoms with van der Waals surface area (Å²) in [5, 5.41) is 31.4. The molecule has 0 spiro atoms. The number of carboxylic acid groups (broad SMARTS) is 1. The quantitative estimate of drug-likeness (QED) is 0.0167. The first-order valence-corrected chi connectivity index (χ1v) is 39.7. The standard InChI is InChI=1S/C88H107N9O13S2/c1-56(2)49-68(76(99)93-71(82(105)106)52-60-53-89-67-38-27-26-37-66(60)67)92-79(102)72-39-28-48-97(72)81(104)75(87(11,12)112-88(61-31-20-15-21-32-61,62-33-22-16-23-34-62)63-35-24-17-25-36-63)96-77(100)69(50-57-29-18-14-19-30-57)91-73(98)54-90-80(103)74(86(9,10)111-55-59-42-44-64(108-13)45-43-59)95-78(101)70(94-83(107)110-85(6,7)8)51-58-40-46-65(47-41-58)109-84(3,4)5/h14-27,29-38,40-47,53,56,68-72,74-75,89H,28,39,48-52,54-55H2,1-13H3,(H,90,103)(H,91,98)(H,92,102)(H,93,99)(H,94,107)(H,95,101)(H,96,100)(H,105,106)/t68-,69-,70-,71-,72-,74-,75-/m0/s1. The van der Waals surface area contributed by atoms with E-state index >= 15 is 19.2 Å². The number of alkyl carbamates (subject to hydrolysis) is 1. The van der Waals surface area contributed by atoms with Crippen LogP contribution in [0.2, 0.25) is 0 Å². The van der Waals surface area contributed by atoms with Gasteiger partial charge in [0.25, 0.3) is 0 Å². The number of likely N-dealkylation sites (tertiary alicyclic amines) is 1. The summed E-state index contributed by atoms with van der Waals surface area (Å²) in [5.74, 6) is -4.91. The Bertz CT molecular complexity index is 4420. The van der Waals surface area contributed by atoms with Crippen LogP contribution in [0.15, 0.2) is 200 Å².